The van der Waals surface area contributed by atoms with Gasteiger partial charge in [0, 0.05) is 0 Å². The Kier molecular flexibility index (Phi) is 3.67. The first-order valence-electron chi connectivity index (χ1n) is 4.78. The SMILES string of the molecule is CC(C)[C@@H]1OC(C(=O)O)[C@H](O)[C@H](O)C1O. The summed E-state index contributed by atoms with van der Waals surface area (Å²) in [6.07, 6.45) is -6.64. The molecule has 0 aromatic heterocycles. The minimum Gasteiger partial charge on any atom is -0.479 e. The average Bonchev–Trinajstić information content (AvgIpc) is 2.13. The van der Waals surface area contributed by atoms with Crippen LogP contribution in [0.3, 0.4) is 0 Å². The number of ether oxygens (including phenoxy) is 1. The van der Waals surface area contributed by atoms with Gasteiger partial charge in [-0.2, -0.15) is 0 Å². The second-order valence-corrected chi connectivity index (χ2v) is 4.08. The van der Waals surface area contributed by atoms with E-state index in [-0.39, 0.29) is 5.92 Å². The van der Waals surface area contributed by atoms with Gasteiger partial charge >= 0.3 is 5.97 Å². The standard InChI is InChI=1S/C9H16O6/c1-3(2)7-5(11)4(10)6(12)8(15-7)9(13)14/h3-8,10-12H,1-2H3,(H,13,14)/t4-,5?,6-,7+,8?/m1/s1. The smallest absolute Gasteiger partial charge is 0.335 e. The number of aliphatic hydroxyl groups is 3. The Morgan fingerprint density at radius 2 is 1.67 bits per heavy atom. The van der Waals surface area contributed by atoms with E-state index in [1.54, 1.807) is 13.8 Å². The van der Waals surface area contributed by atoms with Crippen LogP contribution in [0, 0.1) is 5.92 Å². The Hall–Kier alpha value is -0.690. The van der Waals surface area contributed by atoms with E-state index in [9.17, 15) is 20.1 Å². The summed E-state index contributed by atoms with van der Waals surface area (Å²) >= 11 is 0. The van der Waals surface area contributed by atoms with E-state index in [2.05, 4.69) is 0 Å². The zero-order valence-corrected chi connectivity index (χ0v) is 8.57. The van der Waals surface area contributed by atoms with E-state index in [0.717, 1.165) is 0 Å². The maximum atomic E-state index is 10.7. The van der Waals surface area contributed by atoms with Crippen molar-refractivity contribution in [3.8, 4) is 0 Å². The molecule has 1 fully saturated rings. The topological polar surface area (TPSA) is 107 Å². The summed E-state index contributed by atoms with van der Waals surface area (Å²) in [6, 6.07) is 0. The highest BCUT2D eigenvalue weighted by Gasteiger charge is 2.47. The highest BCUT2D eigenvalue weighted by Crippen LogP contribution is 2.25. The van der Waals surface area contributed by atoms with E-state index >= 15 is 0 Å². The molecule has 5 atom stereocenters. The largest absolute Gasteiger partial charge is 0.479 e. The number of aliphatic hydroxyl groups excluding tert-OH is 3. The summed E-state index contributed by atoms with van der Waals surface area (Å²) in [5.74, 6) is -1.50. The van der Waals surface area contributed by atoms with Crippen LogP contribution in [0.5, 0.6) is 0 Å². The van der Waals surface area contributed by atoms with E-state index < -0.39 is 36.5 Å². The Labute approximate surface area is 87.1 Å². The second kappa shape index (κ2) is 4.44. The number of carboxylic acids is 1. The van der Waals surface area contributed by atoms with Crippen LogP contribution in [-0.2, 0) is 9.53 Å². The van der Waals surface area contributed by atoms with E-state index in [1.807, 2.05) is 0 Å². The van der Waals surface area contributed by atoms with Gasteiger partial charge in [0.15, 0.2) is 6.10 Å². The summed E-state index contributed by atoms with van der Waals surface area (Å²) in [6.45, 7) is 3.47. The molecule has 88 valence electrons. The molecule has 1 aliphatic rings. The molecule has 1 aliphatic heterocycles. The first-order valence-corrected chi connectivity index (χ1v) is 4.78. The lowest BCUT2D eigenvalue weighted by Crippen LogP contribution is -2.60. The van der Waals surface area contributed by atoms with Crippen LogP contribution in [0.1, 0.15) is 13.8 Å². The third-order valence-electron chi connectivity index (χ3n) is 2.55. The number of carboxylic acid groups (broad SMARTS) is 1. The van der Waals surface area contributed by atoms with Crippen LogP contribution in [0.25, 0.3) is 0 Å². The van der Waals surface area contributed by atoms with Crippen molar-refractivity contribution in [3.63, 3.8) is 0 Å². The third kappa shape index (κ3) is 2.28. The molecule has 0 aliphatic carbocycles. The monoisotopic (exact) mass is 220 g/mol. The van der Waals surface area contributed by atoms with E-state index in [4.69, 9.17) is 9.84 Å². The Bertz CT molecular complexity index is 241. The minimum atomic E-state index is -1.60. The molecule has 0 amide bonds. The number of carbonyl (C=O) groups is 1. The van der Waals surface area contributed by atoms with Crippen molar-refractivity contribution in [1.82, 2.24) is 0 Å². The van der Waals surface area contributed by atoms with Gasteiger partial charge in [0.25, 0.3) is 0 Å². The molecule has 1 saturated heterocycles. The quantitative estimate of drug-likeness (QED) is 0.455. The lowest BCUT2D eigenvalue weighted by Gasteiger charge is -2.40. The minimum absolute atomic E-state index is 0.149. The van der Waals surface area contributed by atoms with Crippen LogP contribution in [0.2, 0.25) is 0 Å². The second-order valence-electron chi connectivity index (χ2n) is 4.08. The van der Waals surface area contributed by atoms with E-state index in [1.165, 1.54) is 0 Å². The number of hydrogen-bond donors (Lipinski definition) is 4. The fourth-order valence-electron chi connectivity index (χ4n) is 1.66. The molecule has 15 heavy (non-hydrogen) atoms. The lowest BCUT2D eigenvalue weighted by molar-refractivity contribution is -0.235. The highest BCUT2D eigenvalue weighted by atomic mass is 16.6. The van der Waals surface area contributed by atoms with Crippen molar-refractivity contribution >= 4 is 5.97 Å². The number of hydrogen-bond acceptors (Lipinski definition) is 5. The molecule has 1 rings (SSSR count). The molecule has 6 nitrogen and oxygen atoms in total. The summed E-state index contributed by atoms with van der Waals surface area (Å²) in [4.78, 5) is 10.7. The van der Waals surface area contributed by atoms with Crippen LogP contribution >= 0.6 is 0 Å². The van der Waals surface area contributed by atoms with Crippen molar-refractivity contribution < 1.29 is 30.0 Å². The molecule has 0 aromatic carbocycles. The van der Waals surface area contributed by atoms with Gasteiger partial charge in [-0.3, -0.25) is 0 Å². The van der Waals surface area contributed by atoms with Gasteiger partial charge in [-0.1, -0.05) is 13.8 Å². The molecule has 0 aromatic rings. The zero-order valence-electron chi connectivity index (χ0n) is 8.57. The van der Waals surface area contributed by atoms with Gasteiger partial charge < -0.3 is 25.2 Å². The maximum Gasteiger partial charge on any atom is 0.335 e. The predicted molar refractivity (Wildman–Crippen MR) is 49.2 cm³/mol. The number of rotatable bonds is 2. The molecular formula is C9H16O6. The fourth-order valence-corrected chi connectivity index (χ4v) is 1.66. The van der Waals surface area contributed by atoms with Gasteiger partial charge in [0.2, 0.25) is 0 Å². The van der Waals surface area contributed by atoms with Gasteiger partial charge in [-0.15, -0.1) is 0 Å². The summed E-state index contributed by atoms with van der Waals surface area (Å²) in [5.41, 5.74) is 0. The van der Waals surface area contributed by atoms with Crippen molar-refractivity contribution in [3.05, 3.63) is 0 Å². The zero-order chi connectivity index (χ0) is 11.7. The molecule has 0 radical (unpaired) electrons. The summed E-state index contributed by atoms with van der Waals surface area (Å²) < 4.78 is 5.04. The first-order chi connectivity index (χ1) is 6.86. The van der Waals surface area contributed by atoms with Gasteiger partial charge in [-0.25, -0.2) is 4.79 Å². The average molecular weight is 220 g/mol. The Morgan fingerprint density at radius 3 is 2.07 bits per heavy atom. The van der Waals surface area contributed by atoms with Crippen molar-refractivity contribution in [2.45, 2.75) is 44.4 Å². The van der Waals surface area contributed by atoms with Crippen LogP contribution < -0.4 is 0 Å². The lowest BCUT2D eigenvalue weighted by atomic mass is 9.89. The summed E-state index contributed by atoms with van der Waals surface area (Å²) in [5, 5.41) is 37.1. The molecule has 6 heteroatoms. The van der Waals surface area contributed by atoms with Crippen molar-refractivity contribution in [2.24, 2.45) is 5.92 Å². The van der Waals surface area contributed by atoms with Crippen molar-refractivity contribution in [1.29, 1.82) is 0 Å². The molecule has 4 N–H and O–H groups in total. The van der Waals surface area contributed by atoms with Gasteiger partial charge in [0.05, 0.1) is 6.10 Å². The highest BCUT2D eigenvalue weighted by molar-refractivity contribution is 5.73. The molecule has 1 heterocycles. The van der Waals surface area contributed by atoms with Crippen molar-refractivity contribution in [2.75, 3.05) is 0 Å². The van der Waals surface area contributed by atoms with E-state index in [0.29, 0.717) is 0 Å². The maximum absolute atomic E-state index is 10.7. The van der Waals surface area contributed by atoms with Gasteiger partial charge in [-0.05, 0) is 5.92 Å². The normalized spacial score (nSPS) is 41.9. The number of aliphatic carboxylic acids is 1. The van der Waals surface area contributed by atoms with Crippen LogP contribution in [-0.4, -0.2) is 56.9 Å². The molecule has 0 bridgehead atoms. The third-order valence-corrected chi connectivity index (χ3v) is 2.55. The van der Waals surface area contributed by atoms with Gasteiger partial charge in [0.1, 0.15) is 18.3 Å². The fraction of sp³-hybridized carbons (Fsp3) is 0.889. The Balaban J connectivity index is 2.85. The molecular weight excluding hydrogens is 204 g/mol. The molecule has 0 saturated carbocycles. The summed E-state index contributed by atoms with van der Waals surface area (Å²) in [7, 11) is 0. The van der Waals surface area contributed by atoms with Crippen LogP contribution in [0.15, 0.2) is 0 Å². The molecule has 0 spiro atoms. The van der Waals surface area contributed by atoms with Crippen LogP contribution in [0.4, 0.5) is 0 Å². The Morgan fingerprint density at radius 1 is 1.13 bits per heavy atom. The predicted octanol–water partition coefficient (Wildman–Crippen LogP) is -1.42. The first kappa shape index (κ1) is 12.4. The molecule has 2 unspecified atom stereocenters.